The first kappa shape index (κ1) is 18.4. The molecule has 1 aliphatic rings. The van der Waals surface area contributed by atoms with Gasteiger partial charge in [0.2, 0.25) is 0 Å². The number of fused-ring (bicyclic) bond motifs is 1. The second-order valence-electron chi connectivity index (χ2n) is 7.87. The van der Waals surface area contributed by atoms with Crippen LogP contribution in [0.15, 0.2) is 42.5 Å². The molecule has 3 nitrogen and oxygen atoms in total. The van der Waals surface area contributed by atoms with Crippen LogP contribution in [-0.2, 0) is 15.9 Å². The molecule has 0 bridgehead atoms. The standard InChI is InChI=1S/C22H30O3/c1-22(2)12-10-20(19(15-23)21(22)24-3)25-13-11-16-8-9-17-6-4-5-7-18(17)14-16/h4-9,14,19-21,23H,10-13,15H2,1-3H3/t19-,20+,21+/m0/s1. The van der Waals surface area contributed by atoms with Crippen molar-refractivity contribution in [1.29, 1.82) is 0 Å². The summed E-state index contributed by atoms with van der Waals surface area (Å²) in [4.78, 5) is 0. The van der Waals surface area contributed by atoms with Crippen LogP contribution >= 0.6 is 0 Å². The number of methoxy groups -OCH3 is 1. The fourth-order valence-electron chi connectivity index (χ4n) is 4.28. The summed E-state index contributed by atoms with van der Waals surface area (Å²) >= 11 is 0. The molecule has 1 aliphatic carbocycles. The van der Waals surface area contributed by atoms with E-state index in [9.17, 15) is 5.11 Å². The molecule has 0 radical (unpaired) electrons. The highest BCUT2D eigenvalue weighted by atomic mass is 16.5. The van der Waals surface area contributed by atoms with E-state index in [1.165, 1.54) is 16.3 Å². The monoisotopic (exact) mass is 342 g/mol. The van der Waals surface area contributed by atoms with E-state index in [1.54, 1.807) is 7.11 Å². The Balaban J connectivity index is 1.60. The lowest BCUT2D eigenvalue weighted by atomic mass is 9.68. The molecule has 3 rings (SSSR count). The lowest BCUT2D eigenvalue weighted by molar-refractivity contribution is -0.142. The Morgan fingerprint density at radius 3 is 2.60 bits per heavy atom. The molecule has 25 heavy (non-hydrogen) atoms. The van der Waals surface area contributed by atoms with Crippen LogP contribution in [0, 0.1) is 11.3 Å². The van der Waals surface area contributed by atoms with Gasteiger partial charge in [-0.3, -0.25) is 0 Å². The molecule has 3 heteroatoms. The molecule has 2 aromatic rings. The second kappa shape index (κ2) is 7.86. The first-order valence-electron chi connectivity index (χ1n) is 9.28. The van der Waals surface area contributed by atoms with Gasteiger partial charge >= 0.3 is 0 Å². The molecule has 0 aromatic heterocycles. The summed E-state index contributed by atoms with van der Waals surface area (Å²) in [5.74, 6) is 0.0466. The van der Waals surface area contributed by atoms with Crippen molar-refractivity contribution in [1.82, 2.24) is 0 Å². The molecule has 0 spiro atoms. The summed E-state index contributed by atoms with van der Waals surface area (Å²) in [6, 6.07) is 15.0. The van der Waals surface area contributed by atoms with Gasteiger partial charge in [0.05, 0.1) is 25.4 Å². The lowest BCUT2D eigenvalue weighted by Crippen LogP contribution is -2.50. The Morgan fingerprint density at radius 2 is 1.88 bits per heavy atom. The third-order valence-electron chi connectivity index (χ3n) is 5.71. The third-order valence-corrected chi connectivity index (χ3v) is 5.71. The first-order chi connectivity index (χ1) is 12.0. The normalized spacial score (nSPS) is 26.0. The number of hydrogen-bond acceptors (Lipinski definition) is 3. The van der Waals surface area contributed by atoms with Gasteiger partial charge < -0.3 is 14.6 Å². The van der Waals surface area contributed by atoms with Gasteiger partial charge in [-0.15, -0.1) is 0 Å². The Hall–Kier alpha value is -1.42. The van der Waals surface area contributed by atoms with Gasteiger partial charge in [-0.1, -0.05) is 56.3 Å². The Labute approximate surface area is 151 Å². The zero-order chi connectivity index (χ0) is 17.9. The van der Waals surface area contributed by atoms with Crippen LogP contribution in [0.5, 0.6) is 0 Å². The number of aliphatic hydroxyl groups excluding tert-OH is 1. The zero-order valence-corrected chi connectivity index (χ0v) is 15.6. The summed E-state index contributed by atoms with van der Waals surface area (Å²) in [5.41, 5.74) is 1.37. The molecule has 0 amide bonds. The molecule has 2 aromatic carbocycles. The average Bonchev–Trinajstić information content (AvgIpc) is 2.62. The van der Waals surface area contributed by atoms with Crippen LogP contribution in [0.4, 0.5) is 0 Å². The van der Waals surface area contributed by atoms with E-state index in [-0.39, 0.29) is 30.1 Å². The maximum atomic E-state index is 9.87. The predicted molar refractivity (Wildman–Crippen MR) is 102 cm³/mol. The molecule has 0 saturated heterocycles. The van der Waals surface area contributed by atoms with Crippen LogP contribution < -0.4 is 0 Å². The first-order valence-corrected chi connectivity index (χ1v) is 9.28. The SMILES string of the molecule is CO[C@@H]1[C@@H](CO)[C@H](OCCc2ccc3ccccc3c2)CCC1(C)C. The fourth-order valence-corrected chi connectivity index (χ4v) is 4.28. The number of hydrogen-bond donors (Lipinski definition) is 1. The van der Waals surface area contributed by atoms with E-state index in [0.717, 1.165) is 19.3 Å². The molecule has 3 atom stereocenters. The number of rotatable bonds is 6. The Bertz CT molecular complexity index is 694. The van der Waals surface area contributed by atoms with Crippen molar-refractivity contribution in [3.05, 3.63) is 48.0 Å². The zero-order valence-electron chi connectivity index (χ0n) is 15.6. The quantitative estimate of drug-likeness (QED) is 0.854. The number of ether oxygens (including phenoxy) is 2. The van der Waals surface area contributed by atoms with E-state index < -0.39 is 0 Å². The number of benzene rings is 2. The van der Waals surface area contributed by atoms with Crippen LogP contribution in [0.3, 0.4) is 0 Å². The maximum absolute atomic E-state index is 9.87. The minimum absolute atomic E-state index is 0.0388. The summed E-state index contributed by atoms with van der Waals surface area (Å²) in [5, 5.41) is 12.4. The van der Waals surface area contributed by atoms with Gasteiger partial charge in [0.25, 0.3) is 0 Å². The van der Waals surface area contributed by atoms with Crippen molar-refractivity contribution in [3.63, 3.8) is 0 Å². The van der Waals surface area contributed by atoms with Gasteiger partial charge in [-0.05, 0) is 41.0 Å². The van der Waals surface area contributed by atoms with Crippen LogP contribution in [-0.4, -0.2) is 37.6 Å². The highest BCUT2D eigenvalue weighted by Gasteiger charge is 2.44. The largest absolute Gasteiger partial charge is 0.396 e. The van der Waals surface area contributed by atoms with Gasteiger partial charge in [-0.25, -0.2) is 0 Å². The summed E-state index contributed by atoms with van der Waals surface area (Å²) in [7, 11) is 1.74. The third kappa shape index (κ3) is 4.05. The predicted octanol–water partition coefficient (Wildman–Crippen LogP) is 4.21. The van der Waals surface area contributed by atoms with Gasteiger partial charge in [0.1, 0.15) is 0 Å². The second-order valence-corrected chi connectivity index (χ2v) is 7.87. The molecule has 0 aliphatic heterocycles. The van der Waals surface area contributed by atoms with Crippen LogP contribution in [0.1, 0.15) is 32.3 Å². The molecular weight excluding hydrogens is 312 g/mol. The van der Waals surface area contributed by atoms with Crippen molar-refractivity contribution in [3.8, 4) is 0 Å². The van der Waals surface area contributed by atoms with Gasteiger partial charge in [0, 0.05) is 13.0 Å². The van der Waals surface area contributed by atoms with Crippen molar-refractivity contribution in [2.45, 2.75) is 45.3 Å². The summed E-state index contributed by atoms with van der Waals surface area (Å²) in [6.07, 6.45) is 3.04. The van der Waals surface area contributed by atoms with Crippen molar-refractivity contribution >= 4 is 10.8 Å². The number of aliphatic hydroxyl groups is 1. The van der Waals surface area contributed by atoms with Crippen molar-refractivity contribution in [2.75, 3.05) is 20.3 Å². The highest BCUT2D eigenvalue weighted by molar-refractivity contribution is 5.82. The van der Waals surface area contributed by atoms with E-state index in [4.69, 9.17) is 9.47 Å². The van der Waals surface area contributed by atoms with E-state index in [2.05, 4.69) is 56.3 Å². The Morgan fingerprint density at radius 1 is 1.12 bits per heavy atom. The summed E-state index contributed by atoms with van der Waals surface area (Å²) in [6.45, 7) is 5.23. The minimum atomic E-state index is 0.0388. The van der Waals surface area contributed by atoms with E-state index in [0.29, 0.717) is 6.61 Å². The molecule has 1 N–H and O–H groups in total. The fraction of sp³-hybridized carbons (Fsp3) is 0.545. The topological polar surface area (TPSA) is 38.7 Å². The summed E-state index contributed by atoms with van der Waals surface area (Å²) < 4.78 is 11.9. The van der Waals surface area contributed by atoms with Crippen LogP contribution in [0.2, 0.25) is 0 Å². The lowest BCUT2D eigenvalue weighted by Gasteiger charge is -2.46. The van der Waals surface area contributed by atoms with Crippen molar-refractivity contribution in [2.24, 2.45) is 11.3 Å². The molecule has 0 heterocycles. The molecule has 1 saturated carbocycles. The van der Waals surface area contributed by atoms with Gasteiger partial charge in [-0.2, -0.15) is 0 Å². The van der Waals surface area contributed by atoms with E-state index in [1.807, 2.05) is 0 Å². The highest BCUT2D eigenvalue weighted by Crippen LogP contribution is 2.41. The molecular formula is C22H30O3. The Kier molecular flexibility index (Phi) is 5.78. The minimum Gasteiger partial charge on any atom is -0.396 e. The smallest absolute Gasteiger partial charge is 0.0697 e. The maximum Gasteiger partial charge on any atom is 0.0697 e. The molecule has 1 fully saturated rings. The van der Waals surface area contributed by atoms with Gasteiger partial charge in [0.15, 0.2) is 0 Å². The molecule has 136 valence electrons. The average molecular weight is 342 g/mol. The molecule has 0 unspecified atom stereocenters. The van der Waals surface area contributed by atoms with Crippen LogP contribution in [0.25, 0.3) is 10.8 Å². The van der Waals surface area contributed by atoms with E-state index >= 15 is 0 Å². The van der Waals surface area contributed by atoms with Crippen molar-refractivity contribution < 1.29 is 14.6 Å².